The zero-order valence-electron chi connectivity index (χ0n) is 14.0. The first kappa shape index (κ1) is 15.7. The van der Waals surface area contributed by atoms with Gasteiger partial charge >= 0.3 is 6.09 Å². The fraction of sp³-hybridized carbons (Fsp3) is 0.389. The van der Waals surface area contributed by atoms with Gasteiger partial charge in [0.05, 0.1) is 18.6 Å². The second kappa shape index (κ2) is 5.61. The third-order valence-corrected chi connectivity index (χ3v) is 5.00. The molecule has 0 aliphatic carbocycles. The molecule has 0 saturated carbocycles. The number of rotatable bonds is 2. The fourth-order valence-corrected chi connectivity index (χ4v) is 3.71. The molecule has 7 heteroatoms. The van der Waals surface area contributed by atoms with E-state index in [0.29, 0.717) is 31.4 Å². The number of benzene rings is 1. The molecule has 2 amide bonds. The van der Waals surface area contributed by atoms with Crippen molar-refractivity contribution in [2.75, 3.05) is 26.7 Å². The molecule has 7 nitrogen and oxygen atoms in total. The Morgan fingerprint density at radius 2 is 2.00 bits per heavy atom. The first-order chi connectivity index (χ1) is 12.0. The average molecular weight is 341 g/mol. The van der Waals surface area contributed by atoms with Gasteiger partial charge in [-0.2, -0.15) is 0 Å². The van der Waals surface area contributed by atoms with Crippen molar-refractivity contribution in [3.8, 4) is 0 Å². The smallest absolute Gasteiger partial charge is 0.410 e. The van der Waals surface area contributed by atoms with Crippen LogP contribution in [0.15, 0.2) is 41.3 Å². The van der Waals surface area contributed by atoms with E-state index in [4.69, 9.17) is 4.74 Å². The third kappa shape index (κ3) is 2.65. The summed E-state index contributed by atoms with van der Waals surface area (Å²) in [6.45, 7) is 1.65. The molecule has 2 saturated heterocycles. The molecular weight excluding hydrogens is 322 g/mol. The first-order valence-corrected chi connectivity index (χ1v) is 8.28. The number of nitrogens with zero attached hydrogens (tertiary/aromatic N) is 3. The Balaban J connectivity index is 1.53. The second-order valence-corrected chi connectivity index (χ2v) is 6.80. The minimum absolute atomic E-state index is 0.0451. The Bertz CT molecular complexity index is 922. The molecule has 4 rings (SSSR count). The zero-order chi connectivity index (χ0) is 17.6. The number of carbonyl (C=O) groups excluding carboxylic acids is 2. The molecule has 1 aromatic heterocycles. The topological polar surface area (TPSA) is 71.8 Å². The molecule has 1 atom stereocenters. The number of ether oxygens (including phenoxy) is 1. The van der Waals surface area contributed by atoms with E-state index in [1.54, 1.807) is 33.7 Å². The molecule has 3 heterocycles. The van der Waals surface area contributed by atoms with Gasteiger partial charge in [0.15, 0.2) is 11.0 Å². The van der Waals surface area contributed by atoms with Crippen molar-refractivity contribution >= 4 is 22.9 Å². The second-order valence-electron chi connectivity index (χ2n) is 6.80. The third-order valence-electron chi connectivity index (χ3n) is 5.00. The van der Waals surface area contributed by atoms with Crippen molar-refractivity contribution < 1.29 is 14.3 Å². The molecule has 2 aromatic rings. The van der Waals surface area contributed by atoms with Crippen LogP contribution < -0.4 is 5.43 Å². The van der Waals surface area contributed by atoms with Gasteiger partial charge in [-0.15, -0.1) is 0 Å². The highest BCUT2D eigenvalue weighted by molar-refractivity contribution is 5.82. The van der Waals surface area contributed by atoms with E-state index in [9.17, 15) is 14.4 Å². The van der Waals surface area contributed by atoms with E-state index in [0.717, 1.165) is 5.52 Å². The Hall–Kier alpha value is -2.83. The van der Waals surface area contributed by atoms with Gasteiger partial charge in [0.25, 0.3) is 0 Å². The van der Waals surface area contributed by atoms with Crippen molar-refractivity contribution in [2.24, 2.45) is 0 Å². The number of para-hydroxylation sites is 1. The molecule has 0 unspecified atom stereocenters. The largest absolute Gasteiger partial charge is 0.439 e. The van der Waals surface area contributed by atoms with Crippen LogP contribution in [0.4, 0.5) is 4.79 Å². The molecule has 0 bridgehead atoms. The molecule has 1 aromatic carbocycles. The maximum Gasteiger partial charge on any atom is 0.410 e. The number of hydrogen-bond donors (Lipinski definition) is 0. The van der Waals surface area contributed by atoms with Crippen molar-refractivity contribution in [3.05, 3.63) is 46.8 Å². The van der Waals surface area contributed by atoms with E-state index in [2.05, 4.69) is 0 Å². The van der Waals surface area contributed by atoms with Crippen molar-refractivity contribution in [1.82, 2.24) is 14.4 Å². The first-order valence-electron chi connectivity index (χ1n) is 8.28. The molecule has 2 fully saturated rings. The van der Waals surface area contributed by atoms with Gasteiger partial charge in [0.2, 0.25) is 5.91 Å². The zero-order valence-corrected chi connectivity index (χ0v) is 14.0. The number of carbonyl (C=O) groups is 2. The number of likely N-dealkylation sites (tertiary alicyclic amines) is 1. The lowest BCUT2D eigenvalue weighted by Gasteiger charge is -2.22. The monoisotopic (exact) mass is 341 g/mol. The molecule has 2 aliphatic rings. The van der Waals surface area contributed by atoms with Gasteiger partial charge in [-0.05, 0) is 12.1 Å². The Labute approximate surface area is 144 Å². The standard InChI is InChI=1S/C18H19N3O4/c1-19-11-18(25-17(19)24)7-9-21(12-18)16(23)10-20-8-6-15(22)13-4-2-3-5-14(13)20/h2-6,8H,7,9-12H2,1H3/t18-/m0/s1. The Kier molecular flexibility index (Phi) is 3.52. The summed E-state index contributed by atoms with van der Waals surface area (Å²) in [4.78, 5) is 39.6. The van der Waals surface area contributed by atoms with E-state index in [1.807, 2.05) is 18.2 Å². The van der Waals surface area contributed by atoms with Gasteiger partial charge in [-0.25, -0.2) is 4.79 Å². The number of fused-ring (bicyclic) bond motifs is 1. The minimum atomic E-state index is -0.576. The van der Waals surface area contributed by atoms with Gasteiger partial charge in [-0.3, -0.25) is 9.59 Å². The van der Waals surface area contributed by atoms with Gasteiger partial charge in [-0.1, -0.05) is 12.1 Å². The van der Waals surface area contributed by atoms with Crippen LogP contribution in [0.2, 0.25) is 0 Å². The molecule has 2 aliphatic heterocycles. The molecule has 25 heavy (non-hydrogen) atoms. The molecule has 1 spiro atoms. The van der Waals surface area contributed by atoms with Gasteiger partial charge < -0.3 is 19.1 Å². The summed E-state index contributed by atoms with van der Waals surface area (Å²) in [5.41, 5.74) is 0.109. The van der Waals surface area contributed by atoms with Gasteiger partial charge in [0.1, 0.15) is 6.54 Å². The summed E-state index contributed by atoms with van der Waals surface area (Å²) in [5, 5.41) is 0.599. The average Bonchev–Trinajstić information content (AvgIpc) is 3.13. The highest BCUT2D eigenvalue weighted by Gasteiger charge is 2.49. The maximum absolute atomic E-state index is 12.7. The van der Waals surface area contributed by atoms with Crippen LogP contribution in [-0.4, -0.2) is 58.7 Å². The predicted octanol–water partition coefficient (Wildman–Crippen LogP) is 1.05. The highest BCUT2D eigenvalue weighted by Crippen LogP contribution is 2.31. The van der Waals surface area contributed by atoms with E-state index < -0.39 is 5.60 Å². The summed E-state index contributed by atoms with van der Waals surface area (Å²) in [6.07, 6.45) is 1.97. The van der Waals surface area contributed by atoms with Crippen molar-refractivity contribution in [3.63, 3.8) is 0 Å². The van der Waals surface area contributed by atoms with Crippen LogP contribution in [0.25, 0.3) is 10.9 Å². The van der Waals surface area contributed by atoms with E-state index in [-0.39, 0.29) is 24.0 Å². The van der Waals surface area contributed by atoms with Crippen LogP contribution in [0.1, 0.15) is 6.42 Å². The van der Waals surface area contributed by atoms with Crippen LogP contribution in [-0.2, 0) is 16.1 Å². The van der Waals surface area contributed by atoms with Crippen molar-refractivity contribution in [1.29, 1.82) is 0 Å². The number of pyridine rings is 1. The Morgan fingerprint density at radius 3 is 2.76 bits per heavy atom. The van der Waals surface area contributed by atoms with Crippen LogP contribution >= 0.6 is 0 Å². The predicted molar refractivity (Wildman–Crippen MR) is 91.2 cm³/mol. The highest BCUT2D eigenvalue weighted by atomic mass is 16.6. The summed E-state index contributed by atoms with van der Waals surface area (Å²) >= 11 is 0. The molecule has 130 valence electrons. The molecule has 0 radical (unpaired) electrons. The Morgan fingerprint density at radius 1 is 1.20 bits per heavy atom. The number of hydrogen-bond acceptors (Lipinski definition) is 4. The fourth-order valence-electron chi connectivity index (χ4n) is 3.71. The lowest BCUT2D eigenvalue weighted by atomic mass is 10.0. The SMILES string of the molecule is CN1C[C@]2(CCN(C(=O)Cn3ccc(=O)c4ccccc43)C2)OC1=O. The number of aromatic nitrogens is 1. The molecule has 0 N–H and O–H groups in total. The maximum atomic E-state index is 12.7. The summed E-state index contributed by atoms with van der Waals surface area (Å²) in [5.74, 6) is -0.0451. The molecular formula is C18H19N3O4. The minimum Gasteiger partial charge on any atom is -0.439 e. The van der Waals surface area contributed by atoms with Crippen LogP contribution in [0, 0.1) is 0 Å². The summed E-state index contributed by atoms with van der Waals surface area (Å²) in [7, 11) is 1.70. The van der Waals surface area contributed by atoms with E-state index in [1.165, 1.54) is 6.07 Å². The quantitative estimate of drug-likeness (QED) is 0.819. The van der Waals surface area contributed by atoms with Crippen molar-refractivity contribution in [2.45, 2.75) is 18.6 Å². The van der Waals surface area contributed by atoms with Crippen LogP contribution in [0.3, 0.4) is 0 Å². The van der Waals surface area contributed by atoms with E-state index >= 15 is 0 Å². The van der Waals surface area contributed by atoms with Gasteiger partial charge in [0, 0.05) is 37.7 Å². The van der Waals surface area contributed by atoms with Crippen LogP contribution in [0.5, 0.6) is 0 Å². The number of amides is 2. The lowest BCUT2D eigenvalue weighted by molar-refractivity contribution is -0.131. The summed E-state index contributed by atoms with van der Waals surface area (Å²) < 4.78 is 7.27. The lowest BCUT2D eigenvalue weighted by Crippen LogP contribution is -2.40. The summed E-state index contributed by atoms with van der Waals surface area (Å²) in [6, 6.07) is 8.74. The number of likely N-dealkylation sites (N-methyl/N-ethyl adjacent to an activating group) is 1. The normalized spacial score (nSPS) is 22.8.